The van der Waals surface area contributed by atoms with Gasteiger partial charge in [-0.1, -0.05) is 6.92 Å². The summed E-state index contributed by atoms with van der Waals surface area (Å²) in [5.74, 6) is -1.30. The number of piperazine rings is 1. The number of rotatable bonds is 4. The fourth-order valence-corrected chi connectivity index (χ4v) is 2.70. The van der Waals surface area contributed by atoms with Gasteiger partial charge in [0.1, 0.15) is 29.5 Å². The zero-order valence-corrected chi connectivity index (χ0v) is 13.9. The molecule has 8 heteroatoms. The van der Waals surface area contributed by atoms with Crippen LogP contribution in [0.4, 0.5) is 20.3 Å². The average Bonchev–Trinajstić information content (AvgIpc) is 2.64. The molecule has 1 aliphatic rings. The van der Waals surface area contributed by atoms with Crippen molar-refractivity contribution in [2.75, 3.05) is 38.0 Å². The van der Waals surface area contributed by atoms with E-state index in [1.165, 1.54) is 18.5 Å². The fourth-order valence-electron chi connectivity index (χ4n) is 2.70. The molecular weight excluding hydrogens is 328 g/mol. The normalized spacial score (nSPS) is 15.2. The topological polar surface area (TPSA) is 61.4 Å². The van der Waals surface area contributed by atoms with Crippen LogP contribution in [0.3, 0.4) is 0 Å². The highest BCUT2D eigenvalue weighted by molar-refractivity contribution is 5.93. The van der Waals surface area contributed by atoms with Gasteiger partial charge >= 0.3 is 0 Å². The van der Waals surface area contributed by atoms with Gasteiger partial charge in [-0.25, -0.2) is 18.7 Å². The van der Waals surface area contributed by atoms with Crippen LogP contribution < -0.4 is 5.32 Å². The number of carbonyl (C=O) groups excluding carboxylic acids is 1. The summed E-state index contributed by atoms with van der Waals surface area (Å²) in [5.41, 5.74) is 0.319. The molecule has 1 aromatic carbocycles. The first-order chi connectivity index (χ1) is 12.1. The van der Waals surface area contributed by atoms with Crippen molar-refractivity contribution in [2.24, 2.45) is 0 Å². The van der Waals surface area contributed by atoms with Crippen LogP contribution in [-0.4, -0.2) is 58.4 Å². The number of halogens is 2. The molecule has 2 aromatic rings. The highest BCUT2D eigenvalue weighted by Gasteiger charge is 2.22. The highest BCUT2D eigenvalue weighted by Crippen LogP contribution is 2.20. The Bertz CT molecular complexity index is 762. The Morgan fingerprint density at radius 3 is 2.60 bits per heavy atom. The molecule has 0 bridgehead atoms. The number of hydrogen-bond acceptors (Lipinski definition) is 5. The molecule has 0 aliphatic carbocycles. The molecule has 1 fully saturated rings. The minimum atomic E-state index is -0.734. The standard InChI is InChI=1S/C17H19F2N5O/c1-2-23-5-7-24(8-6-23)17(25)15-10-16(21-11-20-15)22-14-4-3-12(18)9-13(14)19/h3-4,9-11H,2,5-8H2,1H3,(H,20,21,22). The molecular formula is C17H19F2N5O. The number of nitrogens with one attached hydrogen (secondary N) is 1. The Balaban J connectivity index is 1.72. The van der Waals surface area contributed by atoms with Crippen molar-refractivity contribution in [3.63, 3.8) is 0 Å². The van der Waals surface area contributed by atoms with Crippen LogP contribution in [0.1, 0.15) is 17.4 Å². The molecule has 1 aliphatic heterocycles. The predicted octanol–water partition coefficient (Wildman–Crippen LogP) is 2.28. The van der Waals surface area contributed by atoms with E-state index in [2.05, 4.69) is 27.1 Å². The van der Waals surface area contributed by atoms with Crippen molar-refractivity contribution in [3.05, 3.63) is 47.9 Å². The molecule has 3 rings (SSSR count). The summed E-state index contributed by atoms with van der Waals surface area (Å²) in [5, 5.41) is 2.74. The quantitative estimate of drug-likeness (QED) is 0.919. The first-order valence-electron chi connectivity index (χ1n) is 8.12. The lowest BCUT2D eigenvalue weighted by atomic mass is 10.2. The van der Waals surface area contributed by atoms with Crippen LogP contribution in [0.25, 0.3) is 0 Å². The second-order valence-corrected chi connectivity index (χ2v) is 5.76. The van der Waals surface area contributed by atoms with Crippen LogP contribution in [0.5, 0.6) is 0 Å². The van der Waals surface area contributed by atoms with Gasteiger partial charge in [-0.2, -0.15) is 0 Å². The van der Waals surface area contributed by atoms with Gasteiger partial charge in [0, 0.05) is 38.3 Å². The molecule has 132 valence electrons. The van der Waals surface area contributed by atoms with Crippen molar-refractivity contribution in [1.29, 1.82) is 0 Å². The molecule has 1 N–H and O–H groups in total. The smallest absolute Gasteiger partial charge is 0.272 e. The molecule has 0 saturated carbocycles. The number of likely N-dealkylation sites (N-methyl/N-ethyl adjacent to an activating group) is 1. The maximum atomic E-state index is 13.7. The molecule has 25 heavy (non-hydrogen) atoms. The number of anilines is 2. The maximum Gasteiger partial charge on any atom is 0.272 e. The summed E-state index contributed by atoms with van der Waals surface area (Å²) < 4.78 is 26.7. The minimum Gasteiger partial charge on any atom is -0.338 e. The van der Waals surface area contributed by atoms with E-state index >= 15 is 0 Å². The lowest BCUT2D eigenvalue weighted by Crippen LogP contribution is -2.48. The van der Waals surface area contributed by atoms with Crippen molar-refractivity contribution >= 4 is 17.4 Å². The van der Waals surface area contributed by atoms with Crippen LogP contribution in [0, 0.1) is 11.6 Å². The van der Waals surface area contributed by atoms with Crippen LogP contribution in [0.2, 0.25) is 0 Å². The summed E-state index contributed by atoms with van der Waals surface area (Å²) in [6.07, 6.45) is 1.25. The zero-order chi connectivity index (χ0) is 17.8. The number of amides is 1. The average molecular weight is 347 g/mol. The van der Waals surface area contributed by atoms with Crippen LogP contribution in [-0.2, 0) is 0 Å². The van der Waals surface area contributed by atoms with Crippen molar-refractivity contribution in [2.45, 2.75) is 6.92 Å². The third kappa shape index (κ3) is 4.08. The van der Waals surface area contributed by atoms with Crippen molar-refractivity contribution < 1.29 is 13.6 Å². The Morgan fingerprint density at radius 2 is 1.92 bits per heavy atom. The first-order valence-corrected chi connectivity index (χ1v) is 8.12. The molecule has 1 saturated heterocycles. The maximum absolute atomic E-state index is 13.7. The van der Waals surface area contributed by atoms with E-state index in [0.29, 0.717) is 13.1 Å². The molecule has 1 aromatic heterocycles. The van der Waals surface area contributed by atoms with E-state index in [0.717, 1.165) is 31.8 Å². The summed E-state index contributed by atoms with van der Waals surface area (Å²) in [6.45, 7) is 6.01. The second kappa shape index (κ2) is 7.52. The molecule has 2 heterocycles. The minimum absolute atomic E-state index is 0.0788. The lowest BCUT2D eigenvalue weighted by molar-refractivity contribution is 0.0637. The van der Waals surface area contributed by atoms with Gasteiger partial charge in [-0.05, 0) is 18.7 Å². The van der Waals surface area contributed by atoms with Crippen LogP contribution in [0.15, 0.2) is 30.6 Å². The fraction of sp³-hybridized carbons (Fsp3) is 0.353. The van der Waals surface area contributed by atoms with Crippen molar-refractivity contribution in [3.8, 4) is 0 Å². The van der Waals surface area contributed by atoms with E-state index < -0.39 is 11.6 Å². The molecule has 0 spiro atoms. The van der Waals surface area contributed by atoms with Crippen LogP contribution >= 0.6 is 0 Å². The van der Waals surface area contributed by atoms with Gasteiger partial charge in [0.25, 0.3) is 5.91 Å². The first kappa shape index (κ1) is 17.2. The van der Waals surface area contributed by atoms with Gasteiger partial charge in [-0.15, -0.1) is 0 Å². The molecule has 0 radical (unpaired) electrons. The second-order valence-electron chi connectivity index (χ2n) is 5.76. The molecule has 0 unspecified atom stereocenters. The monoisotopic (exact) mass is 347 g/mol. The van der Waals surface area contributed by atoms with Gasteiger partial charge in [-0.3, -0.25) is 4.79 Å². The summed E-state index contributed by atoms with van der Waals surface area (Å²) in [7, 11) is 0. The highest BCUT2D eigenvalue weighted by atomic mass is 19.1. The van der Waals surface area contributed by atoms with Gasteiger partial charge in [0.2, 0.25) is 0 Å². The Morgan fingerprint density at radius 1 is 1.16 bits per heavy atom. The zero-order valence-electron chi connectivity index (χ0n) is 13.9. The van der Waals surface area contributed by atoms with E-state index in [-0.39, 0.29) is 23.1 Å². The lowest BCUT2D eigenvalue weighted by Gasteiger charge is -2.33. The molecule has 0 atom stereocenters. The predicted molar refractivity (Wildman–Crippen MR) is 89.7 cm³/mol. The van der Waals surface area contributed by atoms with Gasteiger partial charge < -0.3 is 15.1 Å². The number of nitrogens with zero attached hydrogens (tertiary/aromatic N) is 4. The van der Waals surface area contributed by atoms with E-state index in [4.69, 9.17) is 0 Å². The Labute approximate surface area is 144 Å². The summed E-state index contributed by atoms with van der Waals surface area (Å²) in [4.78, 5) is 24.6. The van der Waals surface area contributed by atoms with E-state index in [1.54, 1.807) is 4.90 Å². The number of benzene rings is 1. The number of carbonyl (C=O) groups is 1. The van der Waals surface area contributed by atoms with Crippen molar-refractivity contribution in [1.82, 2.24) is 19.8 Å². The SMILES string of the molecule is CCN1CCN(C(=O)c2cc(Nc3ccc(F)cc3F)ncn2)CC1. The summed E-state index contributed by atoms with van der Waals surface area (Å²) >= 11 is 0. The third-order valence-electron chi connectivity index (χ3n) is 4.19. The summed E-state index contributed by atoms with van der Waals surface area (Å²) in [6, 6.07) is 4.67. The number of hydrogen-bond donors (Lipinski definition) is 1. The van der Waals surface area contributed by atoms with E-state index in [9.17, 15) is 13.6 Å². The third-order valence-corrected chi connectivity index (χ3v) is 4.19. The largest absolute Gasteiger partial charge is 0.338 e. The molecule has 1 amide bonds. The van der Waals surface area contributed by atoms with E-state index in [1.807, 2.05) is 0 Å². The van der Waals surface area contributed by atoms with Gasteiger partial charge in [0.05, 0.1) is 5.69 Å². The number of aromatic nitrogens is 2. The Kier molecular flexibility index (Phi) is 5.18. The van der Waals surface area contributed by atoms with Gasteiger partial charge in [0.15, 0.2) is 0 Å². The Hall–Kier alpha value is -2.61. The molecule has 6 nitrogen and oxygen atoms in total.